The van der Waals surface area contributed by atoms with E-state index < -0.39 is 0 Å². The Bertz CT molecular complexity index is 679. The second kappa shape index (κ2) is 7.82. The molecule has 0 aliphatic heterocycles. The lowest BCUT2D eigenvalue weighted by molar-refractivity contribution is -0.123. The largest absolute Gasteiger partial charge is 0.484 e. The predicted octanol–water partition coefficient (Wildman–Crippen LogP) is 4.26. The number of benzene rings is 2. The Morgan fingerprint density at radius 3 is 2.52 bits per heavy atom. The smallest absolute Gasteiger partial charge is 0.258 e. The first-order chi connectivity index (χ1) is 11.0. The van der Waals surface area contributed by atoms with Crippen molar-refractivity contribution in [2.24, 2.45) is 0 Å². The molecule has 2 rings (SSSR count). The first-order valence-electron chi connectivity index (χ1n) is 8.05. The maximum absolute atomic E-state index is 12.2. The quantitative estimate of drug-likeness (QED) is 0.865. The van der Waals surface area contributed by atoms with Crippen molar-refractivity contribution in [2.45, 2.75) is 40.2 Å². The Labute approximate surface area is 138 Å². The van der Waals surface area contributed by atoms with Gasteiger partial charge in [-0.2, -0.15) is 0 Å². The van der Waals surface area contributed by atoms with Gasteiger partial charge in [-0.3, -0.25) is 4.79 Å². The molecular weight excluding hydrogens is 286 g/mol. The summed E-state index contributed by atoms with van der Waals surface area (Å²) in [5.41, 5.74) is 4.76. The van der Waals surface area contributed by atoms with E-state index in [0.29, 0.717) is 0 Å². The van der Waals surface area contributed by atoms with Crippen LogP contribution in [-0.4, -0.2) is 12.5 Å². The van der Waals surface area contributed by atoms with E-state index in [1.54, 1.807) is 0 Å². The Hall–Kier alpha value is -2.29. The van der Waals surface area contributed by atoms with Crippen LogP contribution in [0.4, 0.5) is 0 Å². The van der Waals surface area contributed by atoms with E-state index in [0.717, 1.165) is 23.3 Å². The van der Waals surface area contributed by atoms with Crippen molar-refractivity contribution in [3.63, 3.8) is 0 Å². The van der Waals surface area contributed by atoms with E-state index in [9.17, 15) is 4.79 Å². The number of rotatable bonds is 6. The number of aryl methyl sites for hydroxylation is 3. The fourth-order valence-electron chi connectivity index (χ4n) is 2.49. The Kier molecular flexibility index (Phi) is 5.80. The van der Waals surface area contributed by atoms with Gasteiger partial charge in [-0.15, -0.1) is 0 Å². The molecule has 1 atom stereocenters. The second-order valence-corrected chi connectivity index (χ2v) is 5.98. The summed E-state index contributed by atoms with van der Waals surface area (Å²) in [6, 6.07) is 14.1. The Morgan fingerprint density at radius 2 is 1.87 bits per heavy atom. The molecule has 1 N–H and O–H groups in total. The van der Waals surface area contributed by atoms with Gasteiger partial charge in [0.15, 0.2) is 6.61 Å². The molecule has 0 heterocycles. The number of hydrogen-bond acceptors (Lipinski definition) is 2. The third-order valence-electron chi connectivity index (χ3n) is 4.04. The zero-order chi connectivity index (χ0) is 16.8. The van der Waals surface area contributed by atoms with Gasteiger partial charge in [0, 0.05) is 0 Å². The monoisotopic (exact) mass is 311 g/mol. The lowest BCUT2D eigenvalue weighted by Crippen LogP contribution is -2.32. The van der Waals surface area contributed by atoms with Gasteiger partial charge in [-0.25, -0.2) is 0 Å². The summed E-state index contributed by atoms with van der Waals surface area (Å²) in [6.07, 6.45) is 0.846. The molecule has 0 unspecified atom stereocenters. The maximum Gasteiger partial charge on any atom is 0.258 e. The third kappa shape index (κ3) is 4.85. The van der Waals surface area contributed by atoms with E-state index in [-0.39, 0.29) is 18.6 Å². The first kappa shape index (κ1) is 17.1. The zero-order valence-electron chi connectivity index (χ0n) is 14.3. The van der Waals surface area contributed by atoms with Crippen LogP contribution < -0.4 is 10.1 Å². The zero-order valence-corrected chi connectivity index (χ0v) is 14.3. The summed E-state index contributed by atoms with van der Waals surface area (Å²) < 4.78 is 5.56. The van der Waals surface area contributed by atoms with Crippen molar-refractivity contribution in [3.05, 3.63) is 64.7 Å². The predicted molar refractivity (Wildman–Crippen MR) is 93.8 cm³/mol. The standard InChI is InChI=1S/C20H25NO2/c1-5-19(17-10-9-15(3)16(4)12-17)21-20(22)13-23-18-8-6-7-14(2)11-18/h6-12,19H,5,13H2,1-4H3,(H,21,22)/t19-/m0/s1. The molecular formula is C20H25NO2. The normalized spacial score (nSPS) is 11.8. The van der Waals surface area contributed by atoms with Gasteiger partial charge in [0.05, 0.1) is 6.04 Å². The second-order valence-electron chi connectivity index (χ2n) is 5.98. The Morgan fingerprint density at radius 1 is 1.09 bits per heavy atom. The Balaban J connectivity index is 1.95. The average Bonchev–Trinajstić information content (AvgIpc) is 2.53. The number of carbonyl (C=O) groups is 1. The number of ether oxygens (including phenoxy) is 1. The maximum atomic E-state index is 12.2. The van der Waals surface area contributed by atoms with Crippen LogP contribution in [0.3, 0.4) is 0 Å². The van der Waals surface area contributed by atoms with Gasteiger partial charge < -0.3 is 10.1 Å². The van der Waals surface area contributed by atoms with Crippen LogP contribution in [0.1, 0.15) is 41.6 Å². The number of amides is 1. The summed E-state index contributed by atoms with van der Waals surface area (Å²) in [6.45, 7) is 8.29. The van der Waals surface area contributed by atoms with E-state index in [1.165, 1.54) is 11.1 Å². The summed E-state index contributed by atoms with van der Waals surface area (Å²) in [4.78, 5) is 12.2. The molecule has 0 aromatic heterocycles. The van der Waals surface area contributed by atoms with Gasteiger partial charge in [-0.05, 0) is 61.6 Å². The molecule has 0 saturated heterocycles. The SMILES string of the molecule is CC[C@H](NC(=O)COc1cccc(C)c1)c1ccc(C)c(C)c1. The van der Waals surface area contributed by atoms with Gasteiger partial charge in [0.25, 0.3) is 5.91 Å². The van der Waals surface area contributed by atoms with Crippen LogP contribution in [0, 0.1) is 20.8 Å². The number of carbonyl (C=O) groups excluding carboxylic acids is 1. The van der Waals surface area contributed by atoms with Crippen LogP contribution in [0.15, 0.2) is 42.5 Å². The summed E-state index contributed by atoms with van der Waals surface area (Å²) in [5.74, 6) is 0.621. The molecule has 0 saturated carbocycles. The van der Waals surface area contributed by atoms with Gasteiger partial charge in [-0.1, -0.05) is 37.3 Å². The fraction of sp³-hybridized carbons (Fsp3) is 0.350. The van der Waals surface area contributed by atoms with Crippen molar-refractivity contribution in [1.82, 2.24) is 5.32 Å². The highest BCUT2D eigenvalue weighted by molar-refractivity contribution is 5.78. The fourth-order valence-corrected chi connectivity index (χ4v) is 2.49. The van der Waals surface area contributed by atoms with Gasteiger partial charge >= 0.3 is 0 Å². The molecule has 0 fully saturated rings. The van der Waals surface area contributed by atoms with Crippen molar-refractivity contribution >= 4 is 5.91 Å². The molecule has 0 aliphatic carbocycles. The van der Waals surface area contributed by atoms with Crippen LogP contribution in [0.2, 0.25) is 0 Å². The molecule has 0 spiro atoms. The van der Waals surface area contributed by atoms with Crippen molar-refractivity contribution in [1.29, 1.82) is 0 Å². The molecule has 2 aromatic rings. The minimum absolute atomic E-state index is 0.0166. The van der Waals surface area contributed by atoms with E-state index in [4.69, 9.17) is 4.74 Å². The van der Waals surface area contributed by atoms with E-state index in [2.05, 4.69) is 44.3 Å². The molecule has 3 nitrogen and oxygen atoms in total. The van der Waals surface area contributed by atoms with Gasteiger partial charge in [0.1, 0.15) is 5.75 Å². The van der Waals surface area contributed by atoms with Crippen molar-refractivity contribution < 1.29 is 9.53 Å². The molecule has 23 heavy (non-hydrogen) atoms. The van der Waals surface area contributed by atoms with Crippen LogP contribution in [-0.2, 0) is 4.79 Å². The minimum Gasteiger partial charge on any atom is -0.484 e. The van der Waals surface area contributed by atoms with Crippen molar-refractivity contribution in [3.8, 4) is 5.75 Å². The summed E-state index contributed by atoms with van der Waals surface area (Å²) >= 11 is 0. The first-order valence-corrected chi connectivity index (χ1v) is 8.05. The molecule has 0 bridgehead atoms. The van der Waals surface area contributed by atoms with E-state index >= 15 is 0 Å². The van der Waals surface area contributed by atoms with Crippen LogP contribution >= 0.6 is 0 Å². The number of hydrogen-bond donors (Lipinski definition) is 1. The highest BCUT2D eigenvalue weighted by atomic mass is 16.5. The lowest BCUT2D eigenvalue weighted by Gasteiger charge is -2.19. The minimum atomic E-state index is -0.100. The third-order valence-corrected chi connectivity index (χ3v) is 4.04. The summed E-state index contributed by atoms with van der Waals surface area (Å²) in [7, 11) is 0. The number of nitrogens with one attached hydrogen (secondary N) is 1. The average molecular weight is 311 g/mol. The van der Waals surface area contributed by atoms with Gasteiger partial charge in [0.2, 0.25) is 0 Å². The topological polar surface area (TPSA) is 38.3 Å². The lowest BCUT2D eigenvalue weighted by atomic mass is 9.99. The van der Waals surface area contributed by atoms with Crippen LogP contribution in [0.25, 0.3) is 0 Å². The highest BCUT2D eigenvalue weighted by Gasteiger charge is 2.13. The highest BCUT2D eigenvalue weighted by Crippen LogP contribution is 2.20. The summed E-state index contributed by atoms with van der Waals surface area (Å²) in [5, 5.41) is 3.05. The molecule has 1 amide bonds. The molecule has 0 aliphatic rings. The van der Waals surface area contributed by atoms with E-state index in [1.807, 2.05) is 31.2 Å². The molecule has 122 valence electrons. The molecule has 0 radical (unpaired) electrons. The van der Waals surface area contributed by atoms with Crippen LogP contribution in [0.5, 0.6) is 5.75 Å². The van der Waals surface area contributed by atoms with Crippen molar-refractivity contribution in [2.75, 3.05) is 6.61 Å². The molecule has 3 heteroatoms. The molecule has 2 aromatic carbocycles.